The standard InChI is InChI=1S/C14H15BrN4O2/c1-21-11-5-8(4-9(15)13(11)20)14-17-10(7-2-3-7)6-12(18-14)19-16/h4-7,20H,2-3,16H2,1H3,(H,17,18,19). The first-order valence-corrected chi connectivity index (χ1v) is 7.34. The number of anilines is 1. The second-order valence-corrected chi connectivity index (χ2v) is 5.78. The first-order valence-electron chi connectivity index (χ1n) is 6.55. The summed E-state index contributed by atoms with van der Waals surface area (Å²) in [7, 11) is 1.50. The lowest BCUT2D eigenvalue weighted by molar-refractivity contribution is 0.372. The maximum atomic E-state index is 9.88. The predicted molar refractivity (Wildman–Crippen MR) is 83.2 cm³/mol. The average molecular weight is 351 g/mol. The molecule has 0 spiro atoms. The summed E-state index contributed by atoms with van der Waals surface area (Å²) < 4.78 is 5.69. The molecule has 1 aliphatic rings. The molecular weight excluding hydrogens is 336 g/mol. The minimum atomic E-state index is 0.0526. The molecule has 0 atom stereocenters. The zero-order chi connectivity index (χ0) is 15.0. The highest BCUT2D eigenvalue weighted by molar-refractivity contribution is 9.10. The van der Waals surface area contributed by atoms with Crippen molar-refractivity contribution in [3.05, 3.63) is 28.4 Å². The monoisotopic (exact) mass is 350 g/mol. The van der Waals surface area contributed by atoms with Crippen LogP contribution in [0.4, 0.5) is 5.82 Å². The third-order valence-electron chi connectivity index (χ3n) is 3.40. The summed E-state index contributed by atoms with van der Waals surface area (Å²) in [4.78, 5) is 8.97. The van der Waals surface area contributed by atoms with Gasteiger partial charge < -0.3 is 15.3 Å². The number of phenolic OH excluding ortho intramolecular Hbond substituents is 1. The Morgan fingerprint density at radius 2 is 2.10 bits per heavy atom. The quantitative estimate of drug-likeness (QED) is 0.579. The number of methoxy groups -OCH3 is 1. The van der Waals surface area contributed by atoms with Crippen molar-refractivity contribution in [2.75, 3.05) is 12.5 Å². The number of rotatable bonds is 4. The number of hydrazine groups is 1. The highest BCUT2D eigenvalue weighted by Gasteiger charge is 2.26. The van der Waals surface area contributed by atoms with Crippen molar-refractivity contribution < 1.29 is 9.84 Å². The summed E-state index contributed by atoms with van der Waals surface area (Å²) in [6.07, 6.45) is 2.28. The van der Waals surface area contributed by atoms with Gasteiger partial charge in [0.1, 0.15) is 5.82 Å². The Balaban J connectivity index is 2.11. The van der Waals surface area contributed by atoms with E-state index in [9.17, 15) is 5.11 Å². The van der Waals surface area contributed by atoms with Gasteiger partial charge in [0, 0.05) is 23.2 Å². The molecule has 1 saturated carbocycles. The number of nitrogens with two attached hydrogens (primary N) is 1. The Bertz CT molecular complexity index is 689. The van der Waals surface area contributed by atoms with Crippen LogP contribution >= 0.6 is 15.9 Å². The number of nitrogens with one attached hydrogen (secondary N) is 1. The van der Waals surface area contributed by atoms with Gasteiger partial charge in [-0.25, -0.2) is 15.8 Å². The number of hydrogen-bond acceptors (Lipinski definition) is 6. The molecule has 0 unspecified atom stereocenters. The molecule has 1 aromatic carbocycles. The molecule has 0 amide bonds. The molecule has 0 radical (unpaired) electrons. The molecule has 0 saturated heterocycles. The number of nitrogen functional groups attached to an aromatic ring is 1. The van der Waals surface area contributed by atoms with Crippen LogP contribution in [0.15, 0.2) is 22.7 Å². The maximum absolute atomic E-state index is 9.88. The van der Waals surface area contributed by atoms with Gasteiger partial charge in [-0.05, 0) is 40.9 Å². The minimum absolute atomic E-state index is 0.0526. The van der Waals surface area contributed by atoms with Crippen molar-refractivity contribution in [1.29, 1.82) is 0 Å². The largest absolute Gasteiger partial charge is 0.503 e. The van der Waals surface area contributed by atoms with Crippen LogP contribution in [0.5, 0.6) is 11.5 Å². The summed E-state index contributed by atoms with van der Waals surface area (Å²) in [5, 5.41) is 9.88. The molecule has 2 aromatic rings. The Morgan fingerprint density at radius 1 is 1.33 bits per heavy atom. The summed E-state index contributed by atoms with van der Waals surface area (Å²) in [5.41, 5.74) is 4.30. The van der Waals surface area contributed by atoms with Gasteiger partial charge in [-0.2, -0.15) is 0 Å². The van der Waals surface area contributed by atoms with Crippen molar-refractivity contribution in [2.24, 2.45) is 5.84 Å². The Labute approximate surface area is 130 Å². The van der Waals surface area contributed by atoms with E-state index in [2.05, 4.69) is 31.3 Å². The molecular formula is C14H15BrN4O2. The summed E-state index contributed by atoms with van der Waals surface area (Å²) in [5.74, 6) is 7.51. The van der Waals surface area contributed by atoms with Crippen molar-refractivity contribution in [3.63, 3.8) is 0 Å². The Morgan fingerprint density at radius 3 is 2.71 bits per heavy atom. The number of hydrogen-bond donors (Lipinski definition) is 3. The SMILES string of the molecule is COc1cc(-c2nc(NN)cc(C3CC3)n2)cc(Br)c1O. The molecule has 0 aliphatic heterocycles. The predicted octanol–water partition coefficient (Wildman–Crippen LogP) is 2.78. The lowest BCUT2D eigenvalue weighted by Crippen LogP contribution is -2.10. The molecule has 1 aliphatic carbocycles. The van der Waals surface area contributed by atoms with Crippen LogP contribution < -0.4 is 16.0 Å². The van der Waals surface area contributed by atoms with Crippen LogP contribution in [0.25, 0.3) is 11.4 Å². The van der Waals surface area contributed by atoms with Gasteiger partial charge in [0.05, 0.1) is 11.6 Å². The van der Waals surface area contributed by atoms with Gasteiger partial charge in [-0.3, -0.25) is 0 Å². The van der Waals surface area contributed by atoms with Crippen LogP contribution in [-0.4, -0.2) is 22.2 Å². The highest BCUT2D eigenvalue weighted by Crippen LogP contribution is 2.41. The second-order valence-electron chi connectivity index (χ2n) is 4.93. The van der Waals surface area contributed by atoms with E-state index in [1.54, 1.807) is 12.1 Å². The molecule has 6 nitrogen and oxygen atoms in total. The van der Waals surface area contributed by atoms with Gasteiger partial charge in [0.25, 0.3) is 0 Å². The maximum Gasteiger partial charge on any atom is 0.172 e. The summed E-state index contributed by atoms with van der Waals surface area (Å²) in [6, 6.07) is 5.32. The molecule has 110 valence electrons. The van der Waals surface area contributed by atoms with E-state index in [1.165, 1.54) is 7.11 Å². The van der Waals surface area contributed by atoms with Crippen LogP contribution in [0.3, 0.4) is 0 Å². The van der Waals surface area contributed by atoms with Crippen molar-refractivity contribution in [2.45, 2.75) is 18.8 Å². The number of aromatic hydroxyl groups is 1. The number of benzene rings is 1. The number of nitrogens with zero attached hydrogens (tertiary/aromatic N) is 2. The van der Waals surface area contributed by atoms with Crippen LogP contribution in [0, 0.1) is 0 Å². The second kappa shape index (κ2) is 5.50. The molecule has 3 rings (SSSR count). The van der Waals surface area contributed by atoms with E-state index in [0.29, 0.717) is 27.8 Å². The van der Waals surface area contributed by atoms with Gasteiger partial charge in [0.15, 0.2) is 17.3 Å². The first-order chi connectivity index (χ1) is 10.1. The molecule has 0 bridgehead atoms. The topological polar surface area (TPSA) is 93.3 Å². The van der Waals surface area contributed by atoms with Crippen LogP contribution in [-0.2, 0) is 0 Å². The lowest BCUT2D eigenvalue weighted by Gasteiger charge is -2.10. The van der Waals surface area contributed by atoms with Crippen LogP contribution in [0.1, 0.15) is 24.5 Å². The van der Waals surface area contributed by atoms with E-state index < -0.39 is 0 Å². The number of phenols is 1. The Kier molecular flexibility index (Phi) is 3.69. The van der Waals surface area contributed by atoms with Gasteiger partial charge >= 0.3 is 0 Å². The fourth-order valence-corrected chi connectivity index (χ4v) is 2.56. The van der Waals surface area contributed by atoms with E-state index in [-0.39, 0.29) is 5.75 Å². The van der Waals surface area contributed by atoms with Gasteiger partial charge in [0.2, 0.25) is 0 Å². The summed E-state index contributed by atoms with van der Waals surface area (Å²) in [6.45, 7) is 0. The van der Waals surface area contributed by atoms with E-state index in [1.807, 2.05) is 6.07 Å². The average Bonchev–Trinajstić information content (AvgIpc) is 3.34. The fourth-order valence-electron chi connectivity index (χ4n) is 2.12. The van der Waals surface area contributed by atoms with E-state index >= 15 is 0 Å². The third-order valence-corrected chi connectivity index (χ3v) is 4.00. The lowest BCUT2D eigenvalue weighted by atomic mass is 10.1. The van der Waals surface area contributed by atoms with Gasteiger partial charge in [-0.15, -0.1) is 0 Å². The van der Waals surface area contributed by atoms with Crippen molar-refractivity contribution >= 4 is 21.7 Å². The Hall–Kier alpha value is -1.86. The normalized spacial score (nSPS) is 14.0. The zero-order valence-corrected chi connectivity index (χ0v) is 13.0. The number of halogens is 1. The molecule has 1 aromatic heterocycles. The van der Waals surface area contributed by atoms with Crippen molar-refractivity contribution in [3.8, 4) is 22.9 Å². The smallest absolute Gasteiger partial charge is 0.172 e. The zero-order valence-electron chi connectivity index (χ0n) is 11.4. The van der Waals surface area contributed by atoms with Crippen LogP contribution in [0.2, 0.25) is 0 Å². The van der Waals surface area contributed by atoms with E-state index in [4.69, 9.17) is 10.6 Å². The molecule has 4 N–H and O–H groups in total. The summed E-state index contributed by atoms with van der Waals surface area (Å²) >= 11 is 3.30. The third kappa shape index (κ3) is 2.79. The van der Waals surface area contributed by atoms with E-state index in [0.717, 1.165) is 24.1 Å². The fraction of sp³-hybridized carbons (Fsp3) is 0.286. The molecule has 1 heterocycles. The minimum Gasteiger partial charge on any atom is -0.503 e. The number of aromatic nitrogens is 2. The molecule has 7 heteroatoms. The molecule has 21 heavy (non-hydrogen) atoms. The molecule has 1 fully saturated rings. The first kappa shape index (κ1) is 14.1. The van der Waals surface area contributed by atoms with Crippen molar-refractivity contribution in [1.82, 2.24) is 9.97 Å². The highest BCUT2D eigenvalue weighted by atomic mass is 79.9. The number of ether oxygens (including phenoxy) is 1. The van der Waals surface area contributed by atoms with Gasteiger partial charge in [-0.1, -0.05) is 0 Å².